The third-order valence-corrected chi connectivity index (χ3v) is 8.49. The number of likely N-dealkylation sites (N-methyl/N-ethyl adjacent to an activating group) is 1. The molecular weight excluding hydrogens is 609 g/mol. The lowest BCUT2D eigenvalue weighted by atomic mass is 9.88. The van der Waals surface area contributed by atoms with E-state index in [2.05, 4.69) is 5.32 Å². The number of carboxylic acid groups (broad SMARTS) is 1. The number of halogens is 2. The number of likely N-dealkylation sites (tertiary alicyclic amines) is 1. The Morgan fingerprint density at radius 2 is 1.68 bits per heavy atom. The number of anilines is 2. The Hall–Kier alpha value is -3.87. The first kappa shape index (κ1) is 34.6. The van der Waals surface area contributed by atoms with E-state index in [-0.39, 0.29) is 60.5 Å². The third-order valence-electron chi connectivity index (χ3n) is 8.49. The van der Waals surface area contributed by atoms with E-state index in [0.717, 1.165) is 30.6 Å². The molecule has 0 aliphatic carbocycles. The van der Waals surface area contributed by atoms with Crippen molar-refractivity contribution in [3.05, 3.63) is 59.2 Å². The van der Waals surface area contributed by atoms with E-state index in [9.17, 15) is 24.3 Å². The highest BCUT2D eigenvalue weighted by Crippen LogP contribution is 2.38. The van der Waals surface area contributed by atoms with E-state index in [1.54, 1.807) is 14.7 Å². The highest BCUT2D eigenvalue weighted by Gasteiger charge is 2.39. The van der Waals surface area contributed by atoms with E-state index in [4.69, 9.17) is 11.1 Å². The minimum absolute atomic E-state index is 0. The van der Waals surface area contributed by atoms with Gasteiger partial charge in [0.15, 0.2) is 5.96 Å². The number of nitrogens with one attached hydrogen (secondary N) is 2. The number of nitrogens with two attached hydrogens (primary N) is 1. The van der Waals surface area contributed by atoms with Crippen LogP contribution in [0, 0.1) is 11.3 Å². The fraction of sp³-hybridized carbons (Fsp3) is 0.433. The van der Waals surface area contributed by atoms with Gasteiger partial charge in [-0.05, 0) is 73.7 Å². The number of amides is 3. The number of piperazine rings is 1. The number of carboxylic acids is 1. The van der Waals surface area contributed by atoms with Gasteiger partial charge in [-0.25, -0.2) is 4.79 Å². The van der Waals surface area contributed by atoms with Crippen LogP contribution < -0.4 is 16.0 Å². The smallest absolute Gasteiger partial charge is 0.335 e. The molecule has 2 aromatic rings. The molecule has 12 nitrogen and oxygen atoms in total. The van der Waals surface area contributed by atoms with Crippen molar-refractivity contribution >= 4 is 65.8 Å². The summed E-state index contributed by atoms with van der Waals surface area (Å²) in [5, 5.41) is 19.8. The van der Waals surface area contributed by atoms with Crippen molar-refractivity contribution in [2.45, 2.75) is 31.7 Å². The molecular formula is C30H39Cl2N7O5. The zero-order valence-corrected chi connectivity index (χ0v) is 26.2. The van der Waals surface area contributed by atoms with Gasteiger partial charge in [0.2, 0.25) is 11.8 Å². The van der Waals surface area contributed by atoms with Crippen LogP contribution in [-0.2, 0) is 20.8 Å². The zero-order chi connectivity index (χ0) is 30.0. The van der Waals surface area contributed by atoms with Gasteiger partial charge < -0.3 is 30.9 Å². The molecule has 3 heterocycles. The summed E-state index contributed by atoms with van der Waals surface area (Å²) >= 11 is 0. The lowest BCUT2D eigenvalue weighted by Gasteiger charge is -2.40. The Morgan fingerprint density at radius 3 is 2.30 bits per heavy atom. The van der Waals surface area contributed by atoms with Crippen LogP contribution in [0.25, 0.3) is 0 Å². The summed E-state index contributed by atoms with van der Waals surface area (Å²) in [6, 6.07) is 10.6. The number of nitrogens with zero attached hydrogens (tertiary/aromatic N) is 4. The largest absolute Gasteiger partial charge is 0.478 e. The summed E-state index contributed by atoms with van der Waals surface area (Å²) in [4.78, 5) is 59.1. The zero-order valence-electron chi connectivity index (χ0n) is 24.5. The quantitative estimate of drug-likeness (QED) is 0.274. The Balaban J connectivity index is 0.00000264. The number of fused-ring (bicyclic) bond motifs is 1. The van der Waals surface area contributed by atoms with Gasteiger partial charge in [-0.3, -0.25) is 24.7 Å². The first-order chi connectivity index (χ1) is 20.1. The molecule has 0 spiro atoms. The molecule has 44 heavy (non-hydrogen) atoms. The van der Waals surface area contributed by atoms with Gasteiger partial charge >= 0.3 is 5.97 Å². The summed E-state index contributed by atoms with van der Waals surface area (Å²) in [5.41, 5.74) is 8.50. The van der Waals surface area contributed by atoms with Gasteiger partial charge in [-0.15, -0.1) is 24.8 Å². The molecule has 5 N–H and O–H groups in total. The van der Waals surface area contributed by atoms with Crippen molar-refractivity contribution in [1.82, 2.24) is 14.7 Å². The number of aromatic carboxylic acids is 1. The fourth-order valence-corrected chi connectivity index (χ4v) is 6.15. The number of carbonyl (C=O) groups excluding carboxylic acids is 3. The predicted molar refractivity (Wildman–Crippen MR) is 172 cm³/mol. The van der Waals surface area contributed by atoms with Crippen LogP contribution in [0.2, 0.25) is 0 Å². The molecule has 0 bridgehead atoms. The van der Waals surface area contributed by atoms with Crippen molar-refractivity contribution in [3.8, 4) is 0 Å². The fourth-order valence-electron chi connectivity index (χ4n) is 6.15. The molecule has 1 atom stereocenters. The Morgan fingerprint density at radius 1 is 1.00 bits per heavy atom. The van der Waals surface area contributed by atoms with E-state index >= 15 is 0 Å². The first-order valence-corrected chi connectivity index (χ1v) is 14.3. The number of piperidine rings is 1. The molecule has 0 aromatic heterocycles. The maximum absolute atomic E-state index is 13.9. The molecule has 3 aliphatic heterocycles. The molecule has 14 heteroatoms. The second-order valence-corrected chi connectivity index (χ2v) is 11.3. The average Bonchev–Trinajstić information content (AvgIpc) is 2.97. The second-order valence-electron chi connectivity index (χ2n) is 11.3. The number of benzene rings is 2. The van der Waals surface area contributed by atoms with E-state index in [1.165, 1.54) is 24.3 Å². The maximum atomic E-state index is 13.9. The molecule has 238 valence electrons. The molecule has 5 rings (SSSR count). The van der Waals surface area contributed by atoms with Crippen molar-refractivity contribution < 1.29 is 24.3 Å². The van der Waals surface area contributed by atoms with Crippen LogP contribution in [0.1, 0.15) is 46.8 Å². The Labute approximate surface area is 268 Å². The molecule has 2 aromatic carbocycles. The van der Waals surface area contributed by atoms with E-state index in [1.807, 2.05) is 30.1 Å². The van der Waals surface area contributed by atoms with Gasteiger partial charge in [0.05, 0.1) is 12.1 Å². The standard InChI is InChI=1S/C30H37N7O5.2ClH/c1-34-15-16-36(26(39)18-34)24-4-2-3-23-22(24)11-14-37(25(38)17-19-9-12-35(13-10-19)30(31)32)27(23)28(40)33-21-7-5-20(6-8-21)29(41)42;;/h2-8,19,27H,9-18H2,1H3,(H3,31,32)(H,33,40)(H,41,42);2*1H/t27-;;/m1../s1. The molecule has 3 amide bonds. The van der Waals surface area contributed by atoms with Crippen molar-refractivity contribution in [2.75, 3.05) is 56.5 Å². The third kappa shape index (κ3) is 7.43. The summed E-state index contributed by atoms with van der Waals surface area (Å²) in [6.45, 7) is 3.16. The number of carbonyl (C=O) groups is 4. The van der Waals surface area contributed by atoms with Crippen LogP contribution in [-0.4, -0.2) is 95.8 Å². The van der Waals surface area contributed by atoms with Crippen LogP contribution in [0.3, 0.4) is 0 Å². The van der Waals surface area contributed by atoms with Crippen molar-refractivity contribution in [2.24, 2.45) is 11.7 Å². The number of hydrogen-bond donors (Lipinski definition) is 4. The predicted octanol–water partition coefficient (Wildman–Crippen LogP) is 2.57. The maximum Gasteiger partial charge on any atom is 0.335 e. The van der Waals surface area contributed by atoms with Gasteiger partial charge in [-0.2, -0.15) is 0 Å². The number of hydrogen-bond acceptors (Lipinski definition) is 6. The van der Waals surface area contributed by atoms with Gasteiger partial charge in [0.25, 0.3) is 5.91 Å². The van der Waals surface area contributed by atoms with Crippen LogP contribution in [0.5, 0.6) is 0 Å². The number of guanidine groups is 1. The SMILES string of the molecule is CN1CCN(c2cccc3c2CCN(C(=O)CC2CCN(C(=N)N)CC2)[C@H]3C(=O)Nc2ccc(C(=O)O)cc2)C(=O)C1.Cl.Cl. The van der Waals surface area contributed by atoms with Crippen LogP contribution >= 0.6 is 24.8 Å². The topological polar surface area (TPSA) is 163 Å². The molecule has 0 saturated carbocycles. The minimum atomic E-state index is -1.06. The second kappa shape index (κ2) is 14.7. The Kier molecular flexibility index (Phi) is 11.6. The number of rotatable bonds is 6. The summed E-state index contributed by atoms with van der Waals surface area (Å²) in [7, 11) is 1.91. The summed E-state index contributed by atoms with van der Waals surface area (Å²) in [6.07, 6.45) is 2.27. The molecule has 0 unspecified atom stereocenters. The Bertz CT molecular complexity index is 1400. The average molecular weight is 649 g/mol. The monoisotopic (exact) mass is 647 g/mol. The first-order valence-electron chi connectivity index (χ1n) is 14.3. The molecule has 3 aliphatic rings. The molecule has 0 radical (unpaired) electrons. The lowest BCUT2D eigenvalue weighted by Crippen LogP contribution is -2.50. The van der Waals surface area contributed by atoms with Crippen molar-refractivity contribution in [1.29, 1.82) is 5.41 Å². The van der Waals surface area contributed by atoms with Gasteiger partial charge in [0.1, 0.15) is 6.04 Å². The van der Waals surface area contributed by atoms with E-state index in [0.29, 0.717) is 50.4 Å². The summed E-state index contributed by atoms with van der Waals surface area (Å²) < 4.78 is 0. The van der Waals surface area contributed by atoms with Crippen LogP contribution in [0.15, 0.2) is 42.5 Å². The molecule has 2 saturated heterocycles. The normalized spacial score (nSPS) is 18.9. The minimum Gasteiger partial charge on any atom is -0.478 e. The van der Waals surface area contributed by atoms with Gasteiger partial charge in [-0.1, -0.05) is 12.1 Å². The van der Waals surface area contributed by atoms with E-state index < -0.39 is 17.9 Å². The van der Waals surface area contributed by atoms with Crippen LogP contribution in [0.4, 0.5) is 11.4 Å². The highest BCUT2D eigenvalue weighted by atomic mass is 35.5. The summed E-state index contributed by atoms with van der Waals surface area (Å²) in [5.74, 6) is -1.44. The highest BCUT2D eigenvalue weighted by molar-refractivity contribution is 6.00. The van der Waals surface area contributed by atoms with Gasteiger partial charge in [0, 0.05) is 50.5 Å². The van der Waals surface area contributed by atoms with Crippen molar-refractivity contribution in [3.63, 3.8) is 0 Å². The molecule has 2 fully saturated rings. The lowest BCUT2D eigenvalue weighted by molar-refractivity contribution is -0.140.